The zero-order chi connectivity index (χ0) is 7.61. The Kier molecular flexibility index (Phi) is 2.35. The number of nitrogens with zero attached hydrogens (tertiary/aromatic N) is 1. The van der Waals surface area contributed by atoms with Gasteiger partial charge in [-0.1, -0.05) is 13.8 Å². The molecule has 2 rings (SSSR count). The summed E-state index contributed by atoms with van der Waals surface area (Å²) in [5, 5.41) is 0. The van der Waals surface area contributed by atoms with Gasteiger partial charge in [0, 0.05) is 12.1 Å². The van der Waals surface area contributed by atoms with Crippen molar-refractivity contribution >= 4 is 0 Å². The smallest absolute Gasteiger partial charge is 0.0194 e. The molecule has 0 aromatic carbocycles. The number of hydrogen-bond acceptors (Lipinski definition) is 1. The molecule has 2 fully saturated rings. The van der Waals surface area contributed by atoms with Crippen LogP contribution >= 0.6 is 0 Å². The second-order valence-electron chi connectivity index (χ2n) is 3.34. The van der Waals surface area contributed by atoms with Crippen molar-refractivity contribution < 1.29 is 0 Å². The van der Waals surface area contributed by atoms with Crippen molar-refractivity contribution in [1.82, 2.24) is 4.90 Å². The quantitative estimate of drug-likeness (QED) is 0.500. The van der Waals surface area contributed by atoms with E-state index in [-0.39, 0.29) is 0 Å². The van der Waals surface area contributed by atoms with E-state index >= 15 is 0 Å². The average molecular weight is 141 g/mol. The molecule has 1 nitrogen and oxygen atoms in total. The summed E-state index contributed by atoms with van der Waals surface area (Å²) in [6.07, 6.45) is 4.34. The van der Waals surface area contributed by atoms with Gasteiger partial charge in [0.15, 0.2) is 0 Å². The molecule has 0 N–H and O–H groups in total. The van der Waals surface area contributed by atoms with Crippen molar-refractivity contribution in [1.29, 1.82) is 0 Å². The summed E-state index contributed by atoms with van der Waals surface area (Å²) in [6, 6.07) is 0. The maximum Gasteiger partial charge on any atom is 0.0194 e. The van der Waals surface area contributed by atoms with E-state index in [1.165, 1.54) is 32.4 Å². The van der Waals surface area contributed by atoms with Gasteiger partial charge in [0.05, 0.1) is 0 Å². The Bertz CT molecular complexity index is 111. The van der Waals surface area contributed by atoms with Gasteiger partial charge in [-0.15, -0.1) is 0 Å². The van der Waals surface area contributed by atoms with E-state index in [0.717, 1.165) is 0 Å². The van der Waals surface area contributed by atoms with Crippen LogP contribution in [0.25, 0.3) is 0 Å². The van der Waals surface area contributed by atoms with Gasteiger partial charge in [0.25, 0.3) is 0 Å². The van der Waals surface area contributed by atoms with E-state index < -0.39 is 0 Å². The fourth-order valence-corrected chi connectivity index (χ4v) is 1.97. The highest BCUT2D eigenvalue weighted by Crippen LogP contribution is 2.39. The van der Waals surface area contributed by atoms with Gasteiger partial charge in [0.1, 0.15) is 0 Å². The van der Waals surface area contributed by atoms with Crippen molar-refractivity contribution in [2.24, 2.45) is 0 Å². The SMILES string of the molecule is CC.CC12CCCN1CC2. The standard InChI is InChI=1S/C7H13N.C2H6/c1-7-3-2-5-8(7)6-4-7;1-2/h2-6H2,1H3;1-2H3. The largest absolute Gasteiger partial charge is 0.298 e. The molecule has 1 unspecified atom stereocenters. The maximum absolute atomic E-state index is 2.60. The molecule has 2 heterocycles. The maximum atomic E-state index is 2.60. The summed E-state index contributed by atoms with van der Waals surface area (Å²) in [5.41, 5.74) is 0.667. The third-order valence-electron chi connectivity index (χ3n) is 2.83. The summed E-state index contributed by atoms with van der Waals surface area (Å²) in [4.78, 5) is 2.60. The zero-order valence-electron chi connectivity index (χ0n) is 7.48. The Morgan fingerprint density at radius 1 is 1.10 bits per heavy atom. The molecule has 0 spiro atoms. The van der Waals surface area contributed by atoms with E-state index in [2.05, 4.69) is 11.8 Å². The van der Waals surface area contributed by atoms with E-state index in [1.54, 1.807) is 0 Å². The molecular formula is C9H19N. The van der Waals surface area contributed by atoms with Gasteiger partial charge in [-0.05, 0) is 32.7 Å². The van der Waals surface area contributed by atoms with Crippen molar-refractivity contribution in [3.05, 3.63) is 0 Å². The first-order chi connectivity index (χ1) is 4.81. The van der Waals surface area contributed by atoms with Crippen molar-refractivity contribution in [3.8, 4) is 0 Å². The number of hydrogen-bond donors (Lipinski definition) is 0. The van der Waals surface area contributed by atoms with Crippen molar-refractivity contribution in [2.45, 2.75) is 45.6 Å². The molecule has 0 amide bonds. The Morgan fingerprint density at radius 3 is 2.00 bits per heavy atom. The van der Waals surface area contributed by atoms with Crippen LogP contribution in [0.3, 0.4) is 0 Å². The molecule has 2 aliphatic rings. The summed E-state index contributed by atoms with van der Waals surface area (Å²) in [5.74, 6) is 0. The van der Waals surface area contributed by atoms with Crippen LogP contribution in [0.1, 0.15) is 40.0 Å². The highest BCUT2D eigenvalue weighted by molar-refractivity contribution is 4.99. The summed E-state index contributed by atoms with van der Waals surface area (Å²) in [6.45, 7) is 9.14. The van der Waals surface area contributed by atoms with Gasteiger partial charge in [-0.3, -0.25) is 4.90 Å². The molecule has 1 atom stereocenters. The Labute approximate surface area is 64.4 Å². The van der Waals surface area contributed by atoms with Crippen LogP contribution in [0.4, 0.5) is 0 Å². The first-order valence-corrected chi connectivity index (χ1v) is 4.56. The molecule has 2 saturated heterocycles. The first kappa shape index (κ1) is 8.06. The second kappa shape index (κ2) is 2.91. The summed E-state index contributed by atoms with van der Waals surface area (Å²) >= 11 is 0. The van der Waals surface area contributed by atoms with Crippen LogP contribution in [-0.4, -0.2) is 23.5 Å². The molecule has 0 bridgehead atoms. The zero-order valence-corrected chi connectivity index (χ0v) is 7.48. The molecule has 2 aliphatic heterocycles. The molecule has 0 saturated carbocycles. The van der Waals surface area contributed by atoms with Crippen LogP contribution in [0.5, 0.6) is 0 Å². The lowest BCUT2D eigenvalue weighted by Crippen LogP contribution is -2.52. The Balaban J connectivity index is 0.000000231. The van der Waals surface area contributed by atoms with Gasteiger partial charge >= 0.3 is 0 Å². The van der Waals surface area contributed by atoms with Gasteiger partial charge in [-0.2, -0.15) is 0 Å². The molecule has 0 aromatic rings. The fourth-order valence-electron chi connectivity index (χ4n) is 1.97. The minimum absolute atomic E-state index is 0.667. The van der Waals surface area contributed by atoms with E-state index in [0.29, 0.717) is 5.54 Å². The molecule has 10 heavy (non-hydrogen) atoms. The predicted molar refractivity (Wildman–Crippen MR) is 45.2 cm³/mol. The summed E-state index contributed by atoms with van der Waals surface area (Å²) in [7, 11) is 0. The summed E-state index contributed by atoms with van der Waals surface area (Å²) < 4.78 is 0. The minimum atomic E-state index is 0.667. The van der Waals surface area contributed by atoms with Gasteiger partial charge in [-0.25, -0.2) is 0 Å². The molecule has 60 valence electrons. The van der Waals surface area contributed by atoms with E-state index in [1.807, 2.05) is 13.8 Å². The van der Waals surface area contributed by atoms with E-state index in [9.17, 15) is 0 Å². The Morgan fingerprint density at radius 2 is 1.80 bits per heavy atom. The average Bonchev–Trinajstić information content (AvgIpc) is 2.20. The van der Waals surface area contributed by atoms with Crippen LogP contribution in [0.15, 0.2) is 0 Å². The molecule has 0 radical (unpaired) electrons. The predicted octanol–water partition coefficient (Wildman–Crippen LogP) is 2.27. The van der Waals surface area contributed by atoms with Crippen molar-refractivity contribution in [2.75, 3.05) is 13.1 Å². The Hall–Kier alpha value is -0.0400. The van der Waals surface area contributed by atoms with Crippen LogP contribution in [0, 0.1) is 0 Å². The topological polar surface area (TPSA) is 3.24 Å². The van der Waals surface area contributed by atoms with Crippen LogP contribution < -0.4 is 0 Å². The first-order valence-electron chi connectivity index (χ1n) is 4.56. The van der Waals surface area contributed by atoms with Crippen LogP contribution in [0.2, 0.25) is 0 Å². The molecule has 0 aliphatic carbocycles. The molecule has 0 aromatic heterocycles. The third kappa shape index (κ3) is 1.07. The molecular weight excluding hydrogens is 122 g/mol. The van der Waals surface area contributed by atoms with Crippen LogP contribution in [-0.2, 0) is 0 Å². The minimum Gasteiger partial charge on any atom is -0.298 e. The number of rotatable bonds is 0. The van der Waals surface area contributed by atoms with Gasteiger partial charge < -0.3 is 0 Å². The number of fused-ring (bicyclic) bond motifs is 1. The lowest BCUT2D eigenvalue weighted by atomic mass is 9.88. The lowest BCUT2D eigenvalue weighted by Gasteiger charge is -2.45. The second-order valence-corrected chi connectivity index (χ2v) is 3.34. The highest BCUT2D eigenvalue weighted by atomic mass is 15.3. The lowest BCUT2D eigenvalue weighted by molar-refractivity contribution is 0.0449. The normalized spacial score (nSPS) is 37.5. The van der Waals surface area contributed by atoms with Crippen molar-refractivity contribution in [3.63, 3.8) is 0 Å². The third-order valence-corrected chi connectivity index (χ3v) is 2.83. The van der Waals surface area contributed by atoms with E-state index in [4.69, 9.17) is 0 Å². The fraction of sp³-hybridized carbons (Fsp3) is 1.00. The molecule has 1 heteroatoms. The highest BCUT2D eigenvalue weighted by Gasteiger charge is 2.43. The monoisotopic (exact) mass is 141 g/mol. The van der Waals surface area contributed by atoms with Gasteiger partial charge in [0.2, 0.25) is 0 Å².